The molecule has 1 aromatic carbocycles. The van der Waals surface area contributed by atoms with E-state index in [2.05, 4.69) is 39.1 Å². The van der Waals surface area contributed by atoms with Crippen molar-refractivity contribution in [2.45, 2.75) is 11.8 Å². The molecule has 0 spiro atoms. The summed E-state index contributed by atoms with van der Waals surface area (Å²) in [5.41, 5.74) is -2.57. The van der Waals surface area contributed by atoms with Crippen LogP contribution in [0.15, 0.2) is 36.4 Å². The van der Waals surface area contributed by atoms with Gasteiger partial charge in [-0.1, -0.05) is 36.4 Å². The SMILES string of the molecule is C=C(NC1(C(F)(F)F)C(=C)Nc2nc3cc(Cl)c(Cl)cc3n21)c1csc(NCCOC)n1. The Bertz CT molecular complexity index is 1220. The number of rotatable bonds is 7. The number of ether oxygens (including phenoxy) is 1. The molecule has 4 rings (SSSR count). The summed E-state index contributed by atoms with van der Waals surface area (Å²) >= 11 is 13.3. The van der Waals surface area contributed by atoms with Gasteiger partial charge in [0, 0.05) is 19.0 Å². The van der Waals surface area contributed by atoms with Crippen LogP contribution < -0.4 is 16.0 Å². The van der Waals surface area contributed by atoms with E-state index in [9.17, 15) is 13.2 Å². The van der Waals surface area contributed by atoms with Crippen LogP contribution in [-0.4, -0.2) is 41.0 Å². The lowest BCUT2D eigenvalue weighted by atomic mass is 10.1. The summed E-state index contributed by atoms with van der Waals surface area (Å²) < 4.78 is 49.9. The first-order valence-electron chi connectivity index (χ1n) is 9.15. The second kappa shape index (κ2) is 8.14. The molecule has 3 N–H and O–H groups in total. The summed E-state index contributed by atoms with van der Waals surface area (Å²) in [6.45, 7) is 8.36. The first kappa shape index (κ1) is 22.7. The molecule has 0 bridgehead atoms. The Labute approximate surface area is 194 Å². The largest absolute Gasteiger partial charge is 0.436 e. The summed E-state index contributed by atoms with van der Waals surface area (Å²) in [6, 6.07) is 2.74. The average molecular weight is 505 g/mol. The molecule has 1 aliphatic heterocycles. The molecule has 0 fully saturated rings. The van der Waals surface area contributed by atoms with E-state index in [0.29, 0.717) is 18.3 Å². The van der Waals surface area contributed by atoms with E-state index >= 15 is 0 Å². The molecule has 0 aliphatic carbocycles. The van der Waals surface area contributed by atoms with E-state index in [0.717, 1.165) is 4.57 Å². The molecule has 3 aromatic rings. The normalized spacial score (nSPS) is 18.0. The van der Waals surface area contributed by atoms with E-state index in [4.69, 9.17) is 27.9 Å². The maximum absolute atomic E-state index is 14.7. The fourth-order valence-corrected chi connectivity index (χ4v) is 4.46. The molecule has 2 aromatic heterocycles. The lowest BCUT2D eigenvalue weighted by Gasteiger charge is -2.36. The van der Waals surface area contributed by atoms with Gasteiger partial charge in [-0.25, -0.2) is 9.97 Å². The fourth-order valence-electron chi connectivity index (χ4n) is 3.39. The van der Waals surface area contributed by atoms with Crippen molar-refractivity contribution in [3.8, 4) is 0 Å². The molecule has 13 heteroatoms. The maximum Gasteiger partial charge on any atom is 0.436 e. The molecule has 0 radical (unpaired) electrons. The molecule has 1 unspecified atom stereocenters. The quantitative estimate of drug-likeness (QED) is 0.380. The molecule has 0 saturated heterocycles. The summed E-state index contributed by atoms with van der Waals surface area (Å²) in [7, 11) is 1.56. The van der Waals surface area contributed by atoms with Crippen molar-refractivity contribution in [3.05, 3.63) is 52.1 Å². The van der Waals surface area contributed by atoms with Crippen LogP contribution in [0.1, 0.15) is 5.69 Å². The first-order chi connectivity index (χ1) is 15.1. The minimum atomic E-state index is -4.83. The summed E-state index contributed by atoms with van der Waals surface area (Å²) in [6.07, 6.45) is -4.83. The number of benzene rings is 1. The predicted octanol–water partition coefficient (Wildman–Crippen LogP) is 5.27. The summed E-state index contributed by atoms with van der Waals surface area (Å²) in [5.74, 6) is -0.0545. The second-order valence-electron chi connectivity index (χ2n) is 6.90. The molecule has 0 amide bonds. The van der Waals surface area contributed by atoms with Crippen LogP contribution in [0.4, 0.5) is 24.3 Å². The number of methoxy groups -OCH3 is 1. The highest BCUT2D eigenvalue weighted by molar-refractivity contribution is 7.13. The first-order valence-corrected chi connectivity index (χ1v) is 10.8. The molecular formula is C19H17Cl2F3N6OS. The predicted molar refractivity (Wildman–Crippen MR) is 121 cm³/mol. The minimum absolute atomic E-state index is 0.0453. The van der Waals surface area contributed by atoms with E-state index in [-0.39, 0.29) is 44.1 Å². The van der Waals surface area contributed by atoms with Gasteiger partial charge in [-0.3, -0.25) is 4.57 Å². The number of imidazole rings is 1. The highest BCUT2D eigenvalue weighted by Gasteiger charge is 2.63. The second-order valence-corrected chi connectivity index (χ2v) is 8.57. The van der Waals surface area contributed by atoms with Crippen molar-refractivity contribution in [3.63, 3.8) is 0 Å². The minimum Gasteiger partial charge on any atom is -0.383 e. The number of anilines is 2. The lowest BCUT2D eigenvalue weighted by Crippen LogP contribution is -2.56. The average Bonchev–Trinajstić information content (AvgIpc) is 3.37. The Morgan fingerprint density at radius 2 is 2.03 bits per heavy atom. The van der Waals surface area contributed by atoms with Gasteiger partial charge in [0.05, 0.1) is 44.8 Å². The van der Waals surface area contributed by atoms with E-state index in [1.54, 1.807) is 12.5 Å². The van der Waals surface area contributed by atoms with Gasteiger partial charge in [0.1, 0.15) is 0 Å². The van der Waals surface area contributed by atoms with Crippen molar-refractivity contribution in [2.24, 2.45) is 0 Å². The fraction of sp³-hybridized carbons (Fsp3) is 0.263. The van der Waals surface area contributed by atoms with Crippen LogP contribution >= 0.6 is 34.5 Å². The Balaban J connectivity index is 1.76. The molecular weight excluding hydrogens is 488 g/mol. The van der Waals surface area contributed by atoms with Gasteiger partial charge in [-0.2, -0.15) is 13.2 Å². The van der Waals surface area contributed by atoms with Crippen molar-refractivity contribution in [2.75, 3.05) is 30.9 Å². The van der Waals surface area contributed by atoms with E-state index < -0.39 is 11.8 Å². The van der Waals surface area contributed by atoms with Crippen molar-refractivity contribution in [1.29, 1.82) is 0 Å². The molecule has 1 aliphatic rings. The van der Waals surface area contributed by atoms with E-state index in [1.165, 1.54) is 23.5 Å². The van der Waals surface area contributed by atoms with Gasteiger partial charge in [0.15, 0.2) is 5.13 Å². The van der Waals surface area contributed by atoms with Gasteiger partial charge >= 0.3 is 6.18 Å². The van der Waals surface area contributed by atoms with Crippen LogP contribution in [-0.2, 0) is 10.4 Å². The van der Waals surface area contributed by atoms with Crippen molar-refractivity contribution in [1.82, 2.24) is 19.9 Å². The van der Waals surface area contributed by atoms with Crippen molar-refractivity contribution >= 4 is 62.3 Å². The maximum atomic E-state index is 14.7. The number of nitrogens with one attached hydrogen (secondary N) is 3. The molecule has 3 heterocycles. The Kier molecular flexibility index (Phi) is 5.78. The van der Waals surface area contributed by atoms with Crippen LogP contribution in [0.2, 0.25) is 10.0 Å². The van der Waals surface area contributed by atoms with Crippen molar-refractivity contribution < 1.29 is 17.9 Å². The zero-order valence-electron chi connectivity index (χ0n) is 16.6. The Morgan fingerprint density at radius 3 is 2.72 bits per heavy atom. The highest BCUT2D eigenvalue weighted by atomic mass is 35.5. The zero-order valence-corrected chi connectivity index (χ0v) is 18.9. The number of nitrogens with zero attached hydrogens (tertiary/aromatic N) is 3. The lowest BCUT2D eigenvalue weighted by molar-refractivity contribution is -0.203. The number of hydrogen-bond donors (Lipinski definition) is 3. The van der Waals surface area contributed by atoms with Gasteiger partial charge in [0.25, 0.3) is 5.66 Å². The van der Waals surface area contributed by atoms with Crippen LogP contribution in [0.3, 0.4) is 0 Å². The third-order valence-corrected chi connectivity index (χ3v) is 6.39. The number of alkyl halides is 3. The van der Waals surface area contributed by atoms with E-state index in [1.807, 2.05) is 0 Å². The zero-order chi connectivity index (χ0) is 23.3. The monoisotopic (exact) mass is 504 g/mol. The molecule has 1 atom stereocenters. The summed E-state index contributed by atoms with van der Waals surface area (Å²) in [4.78, 5) is 8.53. The Hall–Kier alpha value is -2.47. The molecule has 7 nitrogen and oxygen atoms in total. The number of hydrogen-bond acceptors (Lipinski definition) is 7. The highest BCUT2D eigenvalue weighted by Crippen LogP contribution is 2.49. The third-order valence-electron chi connectivity index (χ3n) is 4.87. The summed E-state index contributed by atoms with van der Waals surface area (Å²) in [5, 5.41) is 10.6. The third kappa shape index (κ3) is 3.58. The topological polar surface area (TPSA) is 76.0 Å². The molecule has 0 saturated carbocycles. The van der Waals surface area contributed by atoms with Gasteiger partial charge in [-0.05, 0) is 12.1 Å². The molecule has 32 heavy (non-hydrogen) atoms. The number of aromatic nitrogens is 3. The van der Waals surface area contributed by atoms with Gasteiger partial charge < -0.3 is 20.7 Å². The van der Waals surface area contributed by atoms with Crippen LogP contribution in [0.25, 0.3) is 16.7 Å². The number of halogens is 5. The van der Waals surface area contributed by atoms with Gasteiger partial charge in [0.2, 0.25) is 5.95 Å². The van der Waals surface area contributed by atoms with Gasteiger partial charge in [-0.15, -0.1) is 11.3 Å². The number of fused-ring (bicyclic) bond motifs is 3. The standard InChI is InChI=1S/C19H17Cl2F3N6OS/c1-9(14-8-32-17(28-14)25-4-5-31-3)29-18(19(22,23)24)10(2)26-16-27-13-6-11(20)12(21)7-15(13)30(16)18/h6-8,29H,1-2,4-5H2,3H3,(H,25,28)(H,26,27). The van der Waals surface area contributed by atoms with Crippen LogP contribution in [0, 0.1) is 0 Å². The number of thiazole rings is 1. The van der Waals surface area contributed by atoms with Crippen LogP contribution in [0.5, 0.6) is 0 Å². The Morgan fingerprint density at radius 1 is 1.31 bits per heavy atom. The smallest absolute Gasteiger partial charge is 0.383 e. The molecule has 170 valence electrons.